The second-order valence-corrected chi connectivity index (χ2v) is 6.98. The average molecular weight is 392 g/mol. The molecule has 1 aromatic carbocycles. The molecule has 0 bridgehead atoms. The van der Waals surface area contributed by atoms with Gasteiger partial charge in [-0.05, 0) is 18.4 Å². The van der Waals surface area contributed by atoms with Crippen LogP contribution in [0, 0.1) is 0 Å². The molecule has 3 heterocycles. The van der Waals surface area contributed by atoms with E-state index in [-0.39, 0.29) is 16.9 Å². The summed E-state index contributed by atoms with van der Waals surface area (Å²) in [5.74, 6) is -1.22. The average Bonchev–Trinajstić information content (AvgIpc) is 3.24. The number of carboxylic acid groups (broad SMARTS) is 1. The van der Waals surface area contributed by atoms with Crippen LogP contribution in [0.1, 0.15) is 17.3 Å². The lowest BCUT2D eigenvalue weighted by Gasteiger charge is -2.15. The minimum absolute atomic E-state index is 0.0223. The van der Waals surface area contributed by atoms with E-state index in [1.165, 1.54) is 16.0 Å². The van der Waals surface area contributed by atoms with Crippen LogP contribution in [0.3, 0.4) is 0 Å². The van der Waals surface area contributed by atoms with Crippen molar-refractivity contribution < 1.29 is 9.90 Å². The molecule has 28 heavy (non-hydrogen) atoms. The molecule has 0 aliphatic heterocycles. The number of aryl methyl sites for hydroxylation is 1. The van der Waals surface area contributed by atoms with Gasteiger partial charge in [-0.25, -0.2) is 9.48 Å². The molecule has 0 atom stereocenters. The SMILES string of the molecule is CCn1nc(-c2cccs2)c(C(=O)O)c(Nc2cncc3ccccc23)c1=O. The highest BCUT2D eigenvalue weighted by molar-refractivity contribution is 7.13. The van der Waals surface area contributed by atoms with Gasteiger partial charge in [0.15, 0.2) is 0 Å². The predicted molar refractivity (Wildman–Crippen MR) is 109 cm³/mol. The Morgan fingerprint density at radius 1 is 1.21 bits per heavy atom. The Balaban J connectivity index is 1.99. The van der Waals surface area contributed by atoms with Gasteiger partial charge in [0.2, 0.25) is 0 Å². The summed E-state index contributed by atoms with van der Waals surface area (Å²) in [5.41, 5.74) is 0.160. The molecule has 3 aromatic heterocycles. The number of anilines is 2. The minimum atomic E-state index is -1.22. The van der Waals surface area contributed by atoms with Crippen LogP contribution in [0.5, 0.6) is 0 Å². The van der Waals surface area contributed by atoms with E-state index < -0.39 is 11.5 Å². The highest BCUT2D eigenvalue weighted by Gasteiger charge is 2.24. The van der Waals surface area contributed by atoms with Gasteiger partial charge in [0.1, 0.15) is 16.9 Å². The van der Waals surface area contributed by atoms with Crippen LogP contribution in [0.4, 0.5) is 11.4 Å². The molecular weight excluding hydrogens is 376 g/mol. The Kier molecular flexibility index (Phi) is 4.62. The second-order valence-electron chi connectivity index (χ2n) is 6.04. The first-order valence-electron chi connectivity index (χ1n) is 8.62. The first-order chi connectivity index (χ1) is 13.6. The molecule has 2 N–H and O–H groups in total. The molecule has 0 radical (unpaired) electrons. The first-order valence-corrected chi connectivity index (χ1v) is 9.50. The largest absolute Gasteiger partial charge is 0.478 e. The first kappa shape index (κ1) is 17.9. The van der Waals surface area contributed by atoms with E-state index in [0.717, 1.165) is 10.8 Å². The number of nitrogens with one attached hydrogen (secondary N) is 1. The summed E-state index contributed by atoms with van der Waals surface area (Å²) >= 11 is 1.37. The van der Waals surface area contributed by atoms with Crippen LogP contribution in [0.25, 0.3) is 21.3 Å². The lowest BCUT2D eigenvalue weighted by atomic mass is 10.1. The number of thiophene rings is 1. The fraction of sp³-hybridized carbons (Fsp3) is 0.100. The fourth-order valence-electron chi connectivity index (χ4n) is 3.05. The quantitative estimate of drug-likeness (QED) is 0.533. The third kappa shape index (κ3) is 3.03. The van der Waals surface area contributed by atoms with Crippen molar-refractivity contribution in [3.63, 3.8) is 0 Å². The number of aromatic nitrogens is 3. The molecule has 0 aliphatic carbocycles. The molecule has 0 saturated carbocycles. The molecule has 0 aliphatic rings. The summed E-state index contributed by atoms with van der Waals surface area (Å²) in [6.07, 6.45) is 3.29. The lowest BCUT2D eigenvalue weighted by molar-refractivity contribution is 0.0698. The normalized spacial score (nSPS) is 10.9. The van der Waals surface area contributed by atoms with Gasteiger partial charge in [0.05, 0.1) is 16.8 Å². The van der Waals surface area contributed by atoms with Gasteiger partial charge in [-0.1, -0.05) is 30.3 Å². The zero-order chi connectivity index (χ0) is 19.7. The maximum absolute atomic E-state index is 12.9. The van der Waals surface area contributed by atoms with E-state index in [0.29, 0.717) is 17.1 Å². The Hall–Kier alpha value is -3.52. The second kappa shape index (κ2) is 7.24. The van der Waals surface area contributed by atoms with E-state index >= 15 is 0 Å². The molecule has 0 amide bonds. The number of pyridine rings is 1. The fourth-order valence-corrected chi connectivity index (χ4v) is 3.76. The van der Waals surface area contributed by atoms with Gasteiger partial charge >= 0.3 is 5.97 Å². The van der Waals surface area contributed by atoms with Gasteiger partial charge in [-0.15, -0.1) is 11.3 Å². The van der Waals surface area contributed by atoms with Gasteiger partial charge in [-0.2, -0.15) is 5.10 Å². The topological polar surface area (TPSA) is 97.1 Å². The molecule has 140 valence electrons. The number of rotatable bonds is 5. The summed E-state index contributed by atoms with van der Waals surface area (Å²) in [5, 5.41) is 20.8. The number of carbonyl (C=O) groups is 1. The number of fused-ring (bicyclic) bond motifs is 1. The molecular formula is C20H16N4O3S. The van der Waals surface area contributed by atoms with E-state index in [2.05, 4.69) is 15.4 Å². The summed E-state index contributed by atoms with van der Waals surface area (Å²) < 4.78 is 1.27. The third-order valence-corrected chi connectivity index (χ3v) is 5.23. The van der Waals surface area contributed by atoms with Crippen LogP contribution in [-0.2, 0) is 6.54 Å². The van der Waals surface area contributed by atoms with Crippen molar-refractivity contribution in [3.05, 3.63) is 70.1 Å². The Bertz CT molecular complexity index is 1230. The van der Waals surface area contributed by atoms with E-state index in [9.17, 15) is 14.7 Å². The highest BCUT2D eigenvalue weighted by Crippen LogP contribution is 2.31. The van der Waals surface area contributed by atoms with Crippen LogP contribution in [-0.4, -0.2) is 25.8 Å². The van der Waals surface area contributed by atoms with E-state index in [4.69, 9.17) is 0 Å². The zero-order valence-electron chi connectivity index (χ0n) is 14.9. The molecule has 7 nitrogen and oxygen atoms in total. The monoisotopic (exact) mass is 392 g/mol. The van der Waals surface area contributed by atoms with Gasteiger partial charge < -0.3 is 10.4 Å². The van der Waals surface area contributed by atoms with Crippen molar-refractivity contribution in [1.82, 2.24) is 14.8 Å². The molecule has 0 fully saturated rings. The molecule has 0 saturated heterocycles. The Morgan fingerprint density at radius 2 is 2.04 bits per heavy atom. The minimum Gasteiger partial charge on any atom is -0.478 e. The summed E-state index contributed by atoms with van der Waals surface area (Å²) in [4.78, 5) is 29.9. The molecule has 0 spiro atoms. The standard InChI is InChI=1S/C20H16N4O3S/c1-2-24-19(25)18(16(20(26)27)17(23-24)15-8-5-9-28-15)22-14-11-21-10-12-6-3-4-7-13(12)14/h3-11,22H,2H2,1H3,(H,26,27). The highest BCUT2D eigenvalue weighted by atomic mass is 32.1. The predicted octanol–water partition coefficient (Wildman–Crippen LogP) is 3.98. The number of hydrogen-bond donors (Lipinski definition) is 2. The van der Waals surface area contributed by atoms with E-state index in [1.807, 2.05) is 35.7 Å². The number of benzene rings is 1. The van der Waals surface area contributed by atoms with Crippen LogP contribution in [0.2, 0.25) is 0 Å². The maximum Gasteiger partial charge on any atom is 0.340 e. The molecule has 8 heteroatoms. The van der Waals surface area contributed by atoms with Gasteiger partial charge in [0, 0.05) is 23.5 Å². The van der Waals surface area contributed by atoms with Crippen LogP contribution in [0.15, 0.2) is 59.0 Å². The third-order valence-electron chi connectivity index (χ3n) is 4.35. The Labute approximate surface area is 163 Å². The molecule has 4 aromatic rings. The van der Waals surface area contributed by atoms with Crippen molar-refractivity contribution in [2.75, 3.05) is 5.32 Å². The number of hydrogen-bond acceptors (Lipinski definition) is 6. The smallest absolute Gasteiger partial charge is 0.340 e. The van der Waals surface area contributed by atoms with Crippen molar-refractivity contribution in [2.24, 2.45) is 0 Å². The van der Waals surface area contributed by atoms with Crippen LogP contribution < -0.4 is 10.9 Å². The summed E-state index contributed by atoms with van der Waals surface area (Å²) in [6, 6.07) is 11.2. The number of aromatic carboxylic acids is 1. The van der Waals surface area contributed by atoms with Crippen molar-refractivity contribution in [2.45, 2.75) is 13.5 Å². The number of nitrogens with zero attached hydrogens (tertiary/aromatic N) is 3. The van der Waals surface area contributed by atoms with E-state index in [1.54, 1.807) is 25.4 Å². The van der Waals surface area contributed by atoms with Crippen molar-refractivity contribution in [3.8, 4) is 10.6 Å². The van der Waals surface area contributed by atoms with Crippen molar-refractivity contribution >= 4 is 39.5 Å². The molecule has 0 unspecified atom stereocenters. The van der Waals surface area contributed by atoms with Gasteiger partial charge in [0.25, 0.3) is 5.56 Å². The Morgan fingerprint density at radius 3 is 2.75 bits per heavy atom. The molecule has 4 rings (SSSR count). The van der Waals surface area contributed by atoms with Gasteiger partial charge in [-0.3, -0.25) is 9.78 Å². The van der Waals surface area contributed by atoms with Crippen LogP contribution >= 0.6 is 11.3 Å². The van der Waals surface area contributed by atoms with Crippen molar-refractivity contribution in [1.29, 1.82) is 0 Å². The lowest BCUT2D eigenvalue weighted by Crippen LogP contribution is -2.28. The maximum atomic E-state index is 12.9. The zero-order valence-corrected chi connectivity index (χ0v) is 15.7. The summed E-state index contributed by atoms with van der Waals surface area (Å²) in [6.45, 7) is 2.11. The summed E-state index contributed by atoms with van der Waals surface area (Å²) in [7, 11) is 0. The number of carboxylic acids is 1.